The largest absolute Gasteiger partial charge is 0.497 e. The average molecular weight is 599 g/mol. The summed E-state index contributed by atoms with van der Waals surface area (Å²) in [6.45, 7) is 2.46. The number of rotatable bonds is 5. The zero-order valence-corrected chi connectivity index (χ0v) is 23.2. The minimum atomic E-state index is -4.48. The number of benzene rings is 3. The van der Waals surface area contributed by atoms with Crippen LogP contribution in [0.15, 0.2) is 72.8 Å². The van der Waals surface area contributed by atoms with Gasteiger partial charge in [-0.1, -0.05) is 0 Å². The molecule has 0 spiro atoms. The first-order valence-corrected chi connectivity index (χ1v) is 13.3. The van der Waals surface area contributed by atoms with Gasteiger partial charge in [-0.25, -0.2) is 13.6 Å². The summed E-state index contributed by atoms with van der Waals surface area (Å²) in [6.07, 6.45) is -4.48. The van der Waals surface area contributed by atoms with Gasteiger partial charge in [-0.05, 0) is 79.2 Å². The quantitative estimate of drug-likeness (QED) is 0.259. The van der Waals surface area contributed by atoms with Crippen LogP contribution >= 0.6 is 0 Å². The van der Waals surface area contributed by atoms with E-state index in [0.717, 1.165) is 24.3 Å². The number of amides is 3. The number of piperazine rings is 1. The Morgan fingerprint density at radius 1 is 0.837 bits per heavy atom. The predicted octanol–water partition coefficient (Wildman–Crippen LogP) is 6.75. The molecular formula is C31H27F5N4O3. The van der Waals surface area contributed by atoms with Gasteiger partial charge in [0.25, 0.3) is 5.91 Å². The minimum absolute atomic E-state index is 0.0773. The molecule has 2 heterocycles. The Balaban J connectivity index is 1.34. The van der Waals surface area contributed by atoms with Gasteiger partial charge < -0.3 is 24.4 Å². The number of urea groups is 1. The molecule has 3 aromatic carbocycles. The molecule has 1 aliphatic heterocycles. The van der Waals surface area contributed by atoms with Crippen LogP contribution in [0.3, 0.4) is 0 Å². The van der Waals surface area contributed by atoms with Crippen molar-refractivity contribution in [2.75, 3.05) is 38.6 Å². The van der Waals surface area contributed by atoms with E-state index in [1.165, 1.54) is 30.2 Å². The summed E-state index contributed by atoms with van der Waals surface area (Å²) in [5, 5.41) is 2.58. The number of anilines is 1. The zero-order chi connectivity index (χ0) is 30.9. The van der Waals surface area contributed by atoms with E-state index in [1.54, 1.807) is 46.7 Å². The predicted molar refractivity (Wildman–Crippen MR) is 150 cm³/mol. The number of aromatic nitrogens is 1. The van der Waals surface area contributed by atoms with E-state index in [9.17, 15) is 31.5 Å². The van der Waals surface area contributed by atoms with E-state index in [2.05, 4.69) is 5.32 Å². The van der Waals surface area contributed by atoms with Gasteiger partial charge in [0.15, 0.2) is 0 Å². The SMILES string of the molecule is COc1ccc(-c2cc(C(=O)N3CCN(C(=O)Nc4ccc(C(F)(F)F)cc4)CC3)c(C)n2-c2ccc(F)cc2F)cc1. The van der Waals surface area contributed by atoms with Crippen LogP contribution in [0, 0.1) is 18.6 Å². The molecule has 1 aliphatic rings. The van der Waals surface area contributed by atoms with Crippen molar-refractivity contribution >= 4 is 17.6 Å². The van der Waals surface area contributed by atoms with Crippen LogP contribution < -0.4 is 10.1 Å². The fraction of sp³-hybridized carbons (Fsp3) is 0.226. The number of nitrogens with zero attached hydrogens (tertiary/aromatic N) is 3. The summed E-state index contributed by atoms with van der Waals surface area (Å²) in [4.78, 5) is 29.5. The lowest BCUT2D eigenvalue weighted by Gasteiger charge is -2.34. The molecule has 0 aliphatic carbocycles. The summed E-state index contributed by atoms with van der Waals surface area (Å²) >= 11 is 0. The Labute approximate surface area is 244 Å². The number of hydrogen-bond acceptors (Lipinski definition) is 3. The fourth-order valence-corrected chi connectivity index (χ4v) is 5.00. The number of ether oxygens (including phenoxy) is 1. The van der Waals surface area contributed by atoms with Gasteiger partial charge in [0.1, 0.15) is 17.4 Å². The van der Waals surface area contributed by atoms with Crippen LogP contribution in [-0.2, 0) is 6.18 Å². The molecule has 224 valence electrons. The highest BCUT2D eigenvalue weighted by atomic mass is 19.4. The maximum absolute atomic E-state index is 15.0. The number of carbonyl (C=O) groups is 2. The van der Waals surface area contributed by atoms with Crippen LogP contribution in [0.5, 0.6) is 5.75 Å². The normalized spacial score (nSPS) is 13.7. The highest BCUT2D eigenvalue weighted by Gasteiger charge is 2.31. The monoisotopic (exact) mass is 598 g/mol. The van der Waals surface area contributed by atoms with Gasteiger partial charge >= 0.3 is 12.2 Å². The van der Waals surface area contributed by atoms with Gasteiger partial charge in [-0.2, -0.15) is 13.2 Å². The third-order valence-corrected chi connectivity index (χ3v) is 7.33. The molecular weight excluding hydrogens is 571 g/mol. The molecule has 7 nitrogen and oxygen atoms in total. The summed E-state index contributed by atoms with van der Waals surface area (Å²) in [6, 6.07) is 15.5. The van der Waals surface area contributed by atoms with E-state index in [1.807, 2.05) is 0 Å². The molecule has 0 radical (unpaired) electrons. The van der Waals surface area contributed by atoms with Crippen molar-refractivity contribution in [3.05, 3.63) is 101 Å². The van der Waals surface area contributed by atoms with Crippen molar-refractivity contribution in [2.24, 2.45) is 0 Å². The van der Waals surface area contributed by atoms with Crippen molar-refractivity contribution in [2.45, 2.75) is 13.1 Å². The van der Waals surface area contributed by atoms with Crippen molar-refractivity contribution < 1.29 is 36.3 Å². The standard InChI is InChI=1S/C31H27F5N4O3/c1-19-25(18-28(20-3-10-24(43-2)11-4-20)40(19)27-12-7-22(32)17-26(27)33)29(41)38-13-15-39(16-14-38)30(42)37-23-8-5-21(6-9-23)31(34,35)36/h3-12,17-18H,13-16H2,1-2H3,(H,37,42). The van der Waals surface area contributed by atoms with Crippen LogP contribution in [0.4, 0.5) is 32.4 Å². The number of nitrogens with one attached hydrogen (secondary N) is 1. The molecule has 5 rings (SSSR count). The maximum atomic E-state index is 15.0. The second-order valence-electron chi connectivity index (χ2n) is 9.97. The smallest absolute Gasteiger partial charge is 0.416 e. The molecule has 3 amide bonds. The fourth-order valence-electron chi connectivity index (χ4n) is 5.00. The molecule has 1 fully saturated rings. The van der Waals surface area contributed by atoms with Crippen LogP contribution in [-0.4, -0.2) is 59.6 Å². The van der Waals surface area contributed by atoms with E-state index in [0.29, 0.717) is 28.3 Å². The van der Waals surface area contributed by atoms with Crippen molar-refractivity contribution in [3.63, 3.8) is 0 Å². The molecule has 0 saturated carbocycles. The van der Waals surface area contributed by atoms with Crippen molar-refractivity contribution in [1.82, 2.24) is 14.4 Å². The second kappa shape index (κ2) is 11.8. The van der Waals surface area contributed by atoms with E-state index in [-0.39, 0.29) is 43.5 Å². The third-order valence-electron chi connectivity index (χ3n) is 7.33. The maximum Gasteiger partial charge on any atom is 0.416 e. The molecule has 0 unspecified atom stereocenters. The molecule has 1 N–H and O–H groups in total. The number of methoxy groups -OCH3 is 1. The third kappa shape index (κ3) is 6.18. The lowest BCUT2D eigenvalue weighted by Crippen LogP contribution is -2.51. The number of alkyl halides is 3. The van der Waals surface area contributed by atoms with Gasteiger partial charge in [0.05, 0.1) is 29.6 Å². The summed E-state index contributed by atoms with van der Waals surface area (Å²) < 4.78 is 73.9. The van der Waals surface area contributed by atoms with Crippen LogP contribution in [0.2, 0.25) is 0 Å². The number of hydrogen-bond donors (Lipinski definition) is 1. The first-order chi connectivity index (χ1) is 20.5. The summed E-state index contributed by atoms with van der Waals surface area (Å²) in [5.41, 5.74) is 1.43. The second-order valence-corrected chi connectivity index (χ2v) is 9.97. The summed E-state index contributed by atoms with van der Waals surface area (Å²) in [5.74, 6) is -1.23. The molecule has 43 heavy (non-hydrogen) atoms. The molecule has 1 saturated heterocycles. The molecule has 0 atom stereocenters. The van der Waals surface area contributed by atoms with Gasteiger partial charge in [-0.15, -0.1) is 0 Å². The Morgan fingerprint density at radius 2 is 1.47 bits per heavy atom. The van der Waals surface area contributed by atoms with E-state index in [4.69, 9.17) is 4.74 Å². The van der Waals surface area contributed by atoms with E-state index < -0.39 is 29.4 Å². The number of halogens is 5. The molecule has 0 bridgehead atoms. The lowest BCUT2D eigenvalue weighted by atomic mass is 10.1. The Morgan fingerprint density at radius 3 is 2.05 bits per heavy atom. The lowest BCUT2D eigenvalue weighted by molar-refractivity contribution is -0.137. The van der Waals surface area contributed by atoms with Crippen LogP contribution in [0.1, 0.15) is 21.6 Å². The number of carbonyl (C=O) groups excluding carboxylic acids is 2. The Kier molecular flexibility index (Phi) is 8.12. The van der Waals surface area contributed by atoms with E-state index >= 15 is 0 Å². The highest BCUT2D eigenvalue weighted by molar-refractivity contribution is 5.98. The first kappa shape index (κ1) is 29.6. The zero-order valence-electron chi connectivity index (χ0n) is 23.2. The van der Waals surface area contributed by atoms with Gasteiger partial charge in [0, 0.05) is 43.6 Å². The van der Waals surface area contributed by atoms with Crippen molar-refractivity contribution in [3.8, 4) is 22.7 Å². The van der Waals surface area contributed by atoms with Gasteiger partial charge in [-0.3, -0.25) is 4.79 Å². The molecule has 4 aromatic rings. The minimum Gasteiger partial charge on any atom is -0.497 e. The highest BCUT2D eigenvalue weighted by Crippen LogP contribution is 2.33. The average Bonchev–Trinajstić information content (AvgIpc) is 3.33. The summed E-state index contributed by atoms with van der Waals surface area (Å²) in [7, 11) is 1.53. The Hall–Kier alpha value is -4.87. The van der Waals surface area contributed by atoms with Crippen LogP contribution in [0.25, 0.3) is 16.9 Å². The Bertz CT molecular complexity index is 1640. The first-order valence-electron chi connectivity index (χ1n) is 13.3. The van der Waals surface area contributed by atoms with Gasteiger partial charge in [0.2, 0.25) is 0 Å². The topological polar surface area (TPSA) is 66.8 Å². The van der Waals surface area contributed by atoms with Crippen molar-refractivity contribution in [1.29, 1.82) is 0 Å². The molecule has 1 aromatic heterocycles. The molecule has 12 heteroatoms.